The van der Waals surface area contributed by atoms with Crippen LogP contribution in [0.1, 0.15) is 65.7 Å². The highest BCUT2D eigenvalue weighted by atomic mass is 16.2. The number of H-pyrrole nitrogens is 1. The number of nitrogen functional groups attached to an aromatic ring is 1. The van der Waals surface area contributed by atoms with Gasteiger partial charge in [-0.15, -0.1) is 0 Å². The molecule has 0 aliphatic heterocycles. The van der Waals surface area contributed by atoms with E-state index >= 15 is 0 Å². The normalized spacial score (nSPS) is 15.2. The number of hydrogen-bond donors (Lipinski definition) is 3. The first-order chi connectivity index (χ1) is 14.2. The lowest BCUT2D eigenvalue weighted by Gasteiger charge is -2.28. The second-order valence-corrected chi connectivity index (χ2v) is 8.55. The highest BCUT2D eigenvalue weighted by Gasteiger charge is 2.36. The number of nitrogens with zero attached hydrogens (tertiary/aromatic N) is 3. The monoisotopic (exact) mass is 418 g/mol. The Morgan fingerprint density at radius 3 is 2.60 bits per heavy atom. The van der Waals surface area contributed by atoms with Crippen molar-refractivity contribution in [2.45, 2.75) is 77.8 Å². The fraction of sp³-hybridized carbons (Fsp3) is 0.714. The van der Waals surface area contributed by atoms with Gasteiger partial charge in [0, 0.05) is 13.1 Å². The SMILES string of the molecule is CCCCn1c(N)c(N(CCC(C)C)CC(=O)NC2(C#N)CCCC2)c(=O)[nH]c1=O. The number of rotatable bonds is 10. The van der Waals surface area contributed by atoms with Crippen molar-refractivity contribution in [3.05, 3.63) is 20.8 Å². The molecular formula is C21H34N6O3. The van der Waals surface area contributed by atoms with Crippen molar-refractivity contribution in [1.29, 1.82) is 5.26 Å². The Morgan fingerprint density at radius 1 is 1.37 bits per heavy atom. The van der Waals surface area contributed by atoms with Crippen molar-refractivity contribution in [3.8, 4) is 6.07 Å². The van der Waals surface area contributed by atoms with Gasteiger partial charge >= 0.3 is 5.69 Å². The molecule has 30 heavy (non-hydrogen) atoms. The van der Waals surface area contributed by atoms with Crippen LogP contribution < -0.4 is 27.2 Å². The molecule has 4 N–H and O–H groups in total. The van der Waals surface area contributed by atoms with Gasteiger partial charge in [-0.05, 0) is 44.4 Å². The highest BCUT2D eigenvalue weighted by Crippen LogP contribution is 2.29. The number of nitrogens with two attached hydrogens (primary N) is 1. The van der Waals surface area contributed by atoms with Crippen molar-refractivity contribution in [2.24, 2.45) is 5.92 Å². The summed E-state index contributed by atoms with van der Waals surface area (Å²) in [5, 5.41) is 12.4. The van der Waals surface area contributed by atoms with Gasteiger partial charge in [-0.3, -0.25) is 19.1 Å². The lowest BCUT2D eigenvalue weighted by atomic mass is 10.00. The number of hydrogen-bond acceptors (Lipinski definition) is 6. The molecule has 9 heteroatoms. The number of carbonyl (C=O) groups excluding carboxylic acids is 1. The average Bonchev–Trinajstić information content (AvgIpc) is 3.14. The van der Waals surface area contributed by atoms with E-state index in [1.807, 2.05) is 6.92 Å². The quantitative estimate of drug-likeness (QED) is 0.529. The van der Waals surface area contributed by atoms with Gasteiger partial charge in [0.15, 0.2) is 0 Å². The molecule has 1 aliphatic rings. The van der Waals surface area contributed by atoms with Crippen molar-refractivity contribution in [2.75, 3.05) is 23.7 Å². The molecule has 1 fully saturated rings. The number of anilines is 2. The highest BCUT2D eigenvalue weighted by molar-refractivity contribution is 5.83. The molecule has 0 bridgehead atoms. The summed E-state index contributed by atoms with van der Waals surface area (Å²) in [5.41, 5.74) is 4.40. The van der Waals surface area contributed by atoms with E-state index in [4.69, 9.17) is 5.73 Å². The Labute approximate surface area is 177 Å². The predicted molar refractivity (Wildman–Crippen MR) is 117 cm³/mol. The Kier molecular flexibility index (Phi) is 8.09. The van der Waals surface area contributed by atoms with Gasteiger partial charge < -0.3 is 16.0 Å². The summed E-state index contributed by atoms with van der Waals surface area (Å²) < 4.78 is 1.36. The molecule has 0 spiro atoms. The maximum absolute atomic E-state index is 12.8. The van der Waals surface area contributed by atoms with E-state index < -0.39 is 16.8 Å². The summed E-state index contributed by atoms with van der Waals surface area (Å²) in [5.74, 6) is 0.0964. The summed E-state index contributed by atoms with van der Waals surface area (Å²) in [7, 11) is 0. The maximum atomic E-state index is 12.8. The van der Waals surface area contributed by atoms with Crippen LogP contribution in [0.25, 0.3) is 0 Å². The molecule has 1 saturated carbocycles. The third kappa shape index (κ3) is 5.65. The molecule has 166 valence electrons. The molecule has 2 rings (SSSR count). The Bertz CT molecular complexity index is 889. The first-order valence-electron chi connectivity index (χ1n) is 10.8. The van der Waals surface area contributed by atoms with E-state index in [0.717, 1.165) is 32.1 Å². The van der Waals surface area contributed by atoms with Crippen LogP contribution in [0.5, 0.6) is 0 Å². The largest absolute Gasteiger partial charge is 0.383 e. The van der Waals surface area contributed by atoms with E-state index in [1.54, 1.807) is 4.90 Å². The summed E-state index contributed by atoms with van der Waals surface area (Å²) in [6.45, 7) is 6.83. The smallest absolute Gasteiger partial charge is 0.330 e. The molecule has 1 aliphatic carbocycles. The molecule has 1 aromatic rings. The number of carbonyl (C=O) groups is 1. The minimum atomic E-state index is -0.835. The number of aromatic nitrogens is 2. The van der Waals surface area contributed by atoms with Crippen LogP contribution in [-0.4, -0.2) is 34.1 Å². The van der Waals surface area contributed by atoms with E-state index in [2.05, 4.69) is 30.2 Å². The average molecular weight is 419 g/mol. The Morgan fingerprint density at radius 2 is 2.03 bits per heavy atom. The number of aromatic amines is 1. The van der Waals surface area contributed by atoms with Gasteiger partial charge in [-0.2, -0.15) is 5.26 Å². The summed E-state index contributed by atoms with van der Waals surface area (Å²) >= 11 is 0. The van der Waals surface area contributed by atoms with E-state index in [1.165, 1.54) is 4.57 Å². The second-order valence-electron chi connectivity index (χ2n) is 8.55. The third-order valence-electron chi connectivity index (χ3n) is 5.63. The summed E-state index contributed by atoms with van der Waals surface area (Å²) in [6, 6.07) is 2.25. The van der Waals surface area contributed by atoms with Crippen molar-refractivity contribution < 1.29 is 4.79 Å². The van der Waals surface area contributed by atoms with Crippen LogP contribution in [0.2, 0.25) is 0 Å². The lowest BCUT2D eigenvalue weighted by Crippen LogP contribution is -2.50. The standard InChI is InChI=1S/C21H34N6O3/c1-4-5-11-27-18(23)17(19(29)24-20(27)30)26(12-8-15(2)3)13-16(28)25-21(14-22)9-6-7-10-21/h15H,4-13,23H2,1-3H3,(H,25,28)(H,24,29,30). The molecule has 1 aromatic heterocycles. The number of nitrogens with one attached hydrogen (secondary N) is 2. The minimum Gasteiger partial charge on any atom is -0.383 e. The van der Waals surface area contributed by atoms with E-state index in [0.29, 0.717) is 31.8 Å². The van der Waals surface area contributed by atoms with Gasteiger partial charge in [0.05, 0.1) is 12.6 Å². The van der Waals surface area contributed by atoms with Crippen LogP contribution in [0, 0.1) is 17.2 Å². The second kappa shape index (κ2) is 10.3. The van der Waals surface area contributed by atoms with Gasteiger partial charge in [-0.25, -0.2) is 4.79 Å². The van der Waals surface area contributed by atoms with Gasteiger partial charge in [0.25, 0.3) is 5.56 Å². The van der Waals surface area contributed by atoms with E-state index in [9.17, 15) is 19.6 Å². The van der Waals surface area contributed by atoms with E-state index in [-0.39, 0.29) is 24.0 Å². The number of unbranched alkanes of at least 4 members (excludes halogenated alkanes) is 1. The van der Waals surface area contributed by atoms with Gasteiger partial charge in [0.1, 0.15) is 17.0 Å². The van der Waals surface area contributed by atoms with Crippen LogP contribution >= 0.6 is 0 Å². The van der Waals surface area contributed by atoms with Crippen LogP contribution in [0.3, 0.4) is 0 Å². The molecule has 0 saturated heterocycles. The lowest BCUT2D eigenvalue weighted by molar-refractivity contribution is -0.121. The van der Waals surface area contributed by atoms with Crippen LogP contribution in [0.4, 0.5) is 11.5 Å². The van der Waals surface area contributed by atoms with Crippen molar-refractivity contribution >= 4 is 17.4 Å². The Balaban J connectivity index is 2.34. The first-order valence-corrected chi connectivity index (χ1v) is 10.8. The summed E-state index contributed by atoms with van der Waals surface area (Å²) in [6.07, 6.45) is 5.42. The van der Waals surface area contributed by atoms with Crippen LogP contribution in [-0.2, 0) is 11.3 Å². The zero-order chi connectivity index (χ0) is 22.3. The molecule has 0 radical (unpaired) electrons. The minimum absolute atomic E-state index is 0.0737. The molecule has 1 amide bonds. The summed E-state index contributed by atoms with van der Waals surface area (Å²) in [4.78, 5) is 41.7. The topological polar surface area (TPSA) is 137 Å². The van der Waals surface area contributed by atoms with Gasteiger partial charge in [-0.1, -0.05) is 27.2 Å². The zero-order valence-electron chi connectivity index (χ0n) is 18.3. The van der Waals surface area contributed by atoms with Crippen molar-refractivity contribution in [1.82, 2.24) is 14.9 Å². The molecular weight excluding hydrogens is 384 g/mol. The van der Waals surface area contributed by atoms with Gasteiger partial charge in [0.2, 0.25) is 5.91 Å². The molecule has 0 aromatic carbocycles. The molecule has 1 heterocycles. The first kappa shape index (κ1) is 23.5. The number of nitriles is 1. The Hall–Kier alpha value is -2.76. The number of amides is 1. The predicted octanol–water partition coefficient (Wildman–Crippen LogP) is 1.72. The third-order valence-corrected chi connectivity index (χ3v) is 5.63. The molecule has 0 unspecified atom stereocenters. The fourth-order valence-corrected chi connectivity index (χ4v) is 3.83. The van der Waals surface area contributed by atoms with Crippen molar-refractivity contribution in [3.63, 3.8) is 0 Å². The fourth-order valence-electron chi connectivity index (χ4n) is 3.83. The van der Waals surface area contributed by atoms with Crippen LogP contribution in [0.15, 0.2) is 9.59 Å². The molecule has 0 atom stereocenters. The zero-order valence-corrected chi connectivity index (χ0v) is 18.3. The molecule has 9 nitrogen and oxygen atoms in total. The maximum Gasteiger partial charge on any atom is 0.330 e.